The van der Waals surface area contributed by atoms with Crippen LogP contribution in [0, 0.1) is 0 Å². The summed E-state index contributed by atoms with van der Waals surface area (Å²) in [4.78, 5) is 23.5. The van der Waals surface area contributed by atoms with E-state index in [0.717, 1.165) is 0 Å². The number of rotatable bonds is 3. The highest BCUT2D eigenvalue weighted by atomic mass is 16.4. The Morgan fingerprint density at radius 2 is 1.77 bits per heavy atom. The van der Waals surface area contributed by atoms with Gasteiger partial charge in [0.1, 0.15) is 11.3 Å². The zero-order valence-electron chi connectivity index (χ0n) is 11.9. The normalized spacial score (nSPS) is 12.2. The van der Waals surface area contributed by atoms with Gasteiger partial charge in [0, 0.05) is 11.6 Å². The summed E-state index contributed by atoms with van der Waals surface area (Å²) in [6.07, 6.45) is 0. The van der Waals surface area contributed by atoms with Crippen molar-refractivity contribution >= 4 is 16.9 Å². The molecule has 0 aliphatic heterocycles. The van der Waals surface area contributed by atoms with Crippen LogP contribution in [0.15, 0.2) is 63.8 Å². The summed E-state index contributed by atoms with van der Waals surface area (Å²) in [6, 6.07) is 15.5. The van der Waals surface area contributed by atoms with Crippen LogP contribution in [0.4, 0.5) is 0 Å². The Balaban J connectivity index is 2.24. The topological polar surface area (TPSA) is 67.5 Å². The van der Waals surface area contributed by atoms with Gasteiger partial charge in [-0.15, -0.1) is 0 Å². The predicted octanol–water partition coefficient (Wildman–Crippen LogP) is 3.65. The average molecular weight is 294 g/mol. The molecule has 0 radical (unpaired) electrons. The lowest BCUT2D eigenvalue weighted by molar-refractivity contribution is -0.138. The van der Waals surface area contributed by atoms with Gasteiger partial charge in [-0.25, -0.2) is 0 Å². The van der Waals surface area contributed by atoms with Crippen molar-refractivity contribution < 1.29 is 14.3 Å². The Labute approximate surface area is 126 Å². The van der Waals surface area contributed by atoms with E-state index in [2.05, 4.69) is 0 Å². The van der Waals surface area contributed by atoms with Crippen molar-refractivity contribution in [2.75, 3.05) is 0 Å². The minimum atomic E-state index is -0.921. The van der Waals surface area contributed by atoms with Gasteiger partial charge in [-0.05, 0) is 24.6 Å². The van der Waals surface area contributed by atoms with E-state index < -0.39 is 11.9 Å². The molecule has 3 rings (SSSR count). The first kappa shape index (κ1) is 14.1. The van der Waals surface area contributed by atoms with Crippen molar-refractivity contribution in [2.24, 2.45) is 0 Å². The van der Waals surface area contributed by atoms with E-state index in [1.54, 1.807) is 55.5 Å². The molecule has 2 aromatic carbocycles. The maximum atomic E-state index is 12.2. The van der Waals surface area contributed by atoms with Gasteiger partial charge < -0.3 is 9.52 Å². The van der Waals surface area contributed by atoms with Crippen LogP contribution < -0.4 is 5.43 Å². The van der Waals surface area contributed by atoms with Gasteiger partial charge >= 0.3 is 5.97 Å². The molecule has 0 fully saturated rings. The van der Waals surface area contributed by atoms with Gasteiger partial charge in [0.15, 0.2) is 5.43 Å². The lowest BCUT2D eigenvalue weighted by Gasteiger charge is -2.12. The molecule has 0 aliphatic rings. The molecule has 0 aliphatic carbocycles. The van der Waals surface area contributed by atoms with E-state index in [0.29, 0.717) is 27.9 Å². The maximum Gasteiger partial charge on any atom is 0.310 e. The summed E-state index contributed by atoms with van der Waals surface area (Å²) >= 11 is 0. The largest absolute Gasteiger partial charge is 0.481 e. The average Bonchev–Trinajstić information content (AvgIpc) is 2.54. The fourth-order valence-electron chi connectivity index (χ4n) is 2.47. The number of hydrogen-bond acceptors (Lipinski definition) is 3. The number of hydrogen-bond donors (Lipinski definition) is 1. The molecule has 0 saturated heterocycles. The summed E-state index contributed by atoms with van der Waals surface area (Å²) in [7, 11) is 0. The smallest absolute Gasteiger partial charge is 0.310 e. The molecule has 0 saturated carbocycles. The Hall–Kier alpha value is -2.88. The minimum Gasteiger partial charge on any atom is -0.481 e. The molecule has 22 heavy (non-hydrogen) atoms. The van der Waals surface area contributed by atoms with Crippen LogP contribution in [0.2, 0.25) is 0 Å². The number of carbonyl (C=O) groups is 1. The number of carboxylic acid groups (broad SMARTS) is 1. The monoisotopic (exact) mass is 294 g/mol. The molecule has 1 atom stereocenters. The Kier molecular flexibility index (Phi) is 3.51. The van der Waals surface area contributed by atoms with Crippen LogP contribution in [0.25, 0.3) is 22.3 Å². The van der Waals surface area contributed by atoms with Gasteiger partial charge in [0.25, 0.3) is 0 Å². The zero-order chi connectivity index (χ0) is 15.7. The molecule has 1 aromatic heterocycles. The first-order chi connectivity index (χ1) is 10.6. The molecule has 0 amide bonds. The SMILES string of the molecule is CC(C(=O)O)c1ccccc1-c1cc(=O)c2ccccc2o1. The highest BCUT2D eigenvalue weighted by Gasteiger charge is 2.19. The number of aliphatic carboxylic acids is 1. The van der Waals surface area contributed by atoms with Gasteiger partial charge in [0.05, 0.1) is 11.3 Å². The number of carboxylic acids is 1. The molecule has 0 spiro atoms. The Morgan fingerprint density at radius 1 is 1.09 bits per heavy atom. The van der Waals surface area contributed by atoms with Gasteiger partial charge in [-0.3, -0.25) is 9.59 Å². The molecule has 3 aromatic rings. The third-order valence-electron chi connectivity index (χ3n) is 3.70. The lowest BCUT2D eigenvalue weighted by atomic mass is 9.94. The molecule has 4 heteroatoms. The molecular formula is C18H14O4. The molecular weight excluding hydrogens is 280 g/mol. The first-order valence-corrected chi connectivity index (χ1v) is 6.93. The maximum absolute atomic E-state index is 12.2. The van der Waals surface area contributed by atoms with Crippen LogP contribution in [0.5, 0.6) is 0 Å². The van der Waals surface area contributed by atoms with Crippen molar-refractivity contribution in [1.29, 1.82) is 0 Å². The van der Waals surface area contributed by atoms with Crippen molar-refractivity contribution in [3.8, 4) is 11.3 Å². The predicted molar refractivity (Wildman–Crippen MR) is 84.0 cm³/mol. The number of para-hydroxylation sites is 1. The van der Waals surface area contributed by atoms with Gasteiger partial charge in [0.2, 0.25) is 0 Å². The van der Waals surface area contributed by atoms with Crippen molar-refractivity contribution in [3.05, 3.63) is 70.4 Å². The second kappa shape index (κ2) is 5.48. The highest BCUT2D eigenvalue weighted by molar-refractivity contribution is 5.82. The first-order valence-electron chi connectivity index (χ1n) is 6.93. The van der Waals surface area contributed by atoms with Crippen molar-refractivity contribution in [1.82, 2.24) is 0 Å². The van der Waals surface area contributed by atoms with Crippen molar-refractivity contribution in [2.45, 2.75) is 12.8 Å². The Bertz CT molecular complexity index is 908. The molecule has 110 valence electrons. The van der Waals surface area contributed by atoms with Gasteiger partial charge in [-0.2, -0.15) is 0 Å². The Morgan fingerprint density at radius 3 is 2.55 bits per heavy atom. The van der Waals surface area contributed by atoms with E-state index >= 15 is 0 Å². The second-order valence-corrected chi connectivity index (χ2v) is 5.12. The molecule has 1 unspecified atom stereocenters. The van der Waals surface area contributed by atoms with E-state index in [9.17, 15) is 14.7 Å². The van der Waals surface area contributed by atoms with Crippen LogP contribution in [-0.2, 0) is 4.79 Å². The third kappa shape index (κ3) is 2.39. The van der Waals surface area contributed by atoms with E-state index in [4.69, 9.17) is 4.42 Å². The number of benzene rings is 2. The summed E-state index contributed by atoms with van der Waals surface area (Å²) in [5.74, 6) is -1.23. The van der Waals surface area contributed by atoms with Crippen LogP contribution in [-0.4, -0.2) is 11.1 Å². The molecule has 1 heterocycles. The van der Waals surface area contributed by atoms with E-state index in [1.807, 2.05) is 0 Å². The van der Waals surface area contributed by atoms with Crippen LogP contribution in [0.1, 0.15) is 18.4 Å². The summed E-state index contributed by atoms with van der Waals surface area (Å²) in [5.41, 5.74) is 1.59. The summed E-state index contributed by atoms with van der Waals surface area (Å²) in [5, 5.41) is 9.75. The van der Waals surface area contributed by atoms with Crippen LogP contribution >= 0.6 is 0 Å². The standard InChI is InChI=1S/C18H14O4/c1-11(18(20)21)12-6-2-3-7-13(12)17-10-15(19)14-8-4-5-9-16(14)22-17/h2-11H,1H3,(H,20,21). The number of fused-ring (bicyclic) bond motifs is 1. The lowest BCUT2D eigenvalue weighted by Crippen LogP contribution is -2.09. The quantitative estimate of drug-likeness (QED) is 0.800. The highest BCUT2D eigenvalue weighted by Crippen LogP contribution is 2.30. The summed E-state index contributed by atoms with van der Waals surface area (Å²) < 4.78 is 5.81. The van der Waals surface area contributed by atoms with E-state index in [-0.39, 0.29) is 5.43 Å². The molecule has 0 bridgehead atoms. The summed E-state index contributed by atoms with van der Waals surface area (Å²) in [6.45, 7) is 1.61. The third-order valence-corrected chi connectivity index (χ3v) is 3.70. The molecule has 1 N–H and O–H groups in total. The van der Waals surface area contributed by atoms with Gasteiger partial charge in [-0.1, -0.05) is 36.4 Å². The fourth-order valence-corrected chi connectivity index (χ4v) is 2.47. The molecule has 4 nitrogen and oxygen atoms in total. The zero-order valence-corrected chi connectivity index (χ0v) is 11.9. The minimum absolute atomic E-state index is 0.144. The van der Waals surface area contributed by atoms with E-state index in [1.165, 1.54) is 6.07 Å². The van der Waals surface area contributed by atoms with Crippen molar-refractivity contribution in [3.63, 3.8) is 0 Å². The second-order valence-electron chi connectivity index (χ2n) is 5.12. The van der Waals surface area contributed by atoms with Crippen LogP contribution in [0.3, 0.4) is 0 Å². The fraction of sp³-hybridized carbons (Fsp3) is 0.111.